The number of amides is 2. The molecule has 0 unspecified atom stereocenters. The highest BCUT2D eigenvalue weighted by Crippen LogP contribution is 2.38. The summed E-state index contributed by atoms with van der Waals surface area (Å²) in [6, 6.07) is 15.1. The van der Waals surface area contributed by atoms with Crippen LogP contribution in [0.3, 0.4) is 0 Å². The largest absolute Gasteiger partial charge is 0.467 e. The summed E-state index contributed by atoms with van der Waals surface area (Å²) in [7, 11) is 1.36. The topological polar surface area (TPSA) is 67.4 Å². The van der Waals surface area contributed by atoms with Crippen molar-refractivity contribution in [2.75, 3.05) is 13.7 Å². The summed E-state index contributed by atoms with van der Waals surface area (Å²) in [5.74, 6) is -0.491. The maximum atomic E-state index is 13.2. The molecule has 5 heteroatoms. The van der Waals surface area contributed by atoms with Gasteiger partial charge < -0.3 is 15.4 Å². The number of nitrogens with one attached hydrogen (secondary N) is 2. The quantitative estimate of drug-likeness (QED) is 0.630. The lowest BCUT2D eigenvalue weighted by Crippen LogP contribution is -2.56. The van der Waals surface area contributed by atoms with E-state index in [1.807, 2.05) is 48.5 Å². The maximum Gasteiger partial charge on any atom is 0.341 e. The van der Waals surface area contributed by atoms with Gasteiger partial charge in [-0.2, -0.15) is 0 Å². The first kappa shape index (κ1) is 19.0. The first-order valence-electron chi connectivity index (χ1n) is 9.44. The van der Waals surface area contributed by atoms with Gasteiger partial charge in [-0.05, 0) is 41.5 Å². The monoisotopic (exact) mass is 366 g/mol. The van der Waals surface area contributed by atoms with Crippen LogP contribution in [-0.2, 0) is 27.9 Å². The molecule has 0 radical (unpaired) electrons. The lowest BCUT2D eigenvalue weighted by molar-refractivity contribution is -0.146. The SMILES string of the molecule is CCCCNC(=O)NC1(C(=O)OC)c2ccccc2CCc2ccccc21. The summed E-state index contributed by atoms with van der Waals surface area (Å²) in [6.45, 7) is 2.62. The zero-order valence-electron chi connectivity index (χ0n) is 15.9. The molecule has 0 heterocycles. The number of urea groups is 1. The Balaban J connectivity index is 2.16. The Morgan fingerprint density at radius 1 is 1.00 bits per heavy atom. The highest BCUT2D eigenvalue weighted by Gasteiger charge is 2.48. The van der Waals surface area contributed by atoms with Gasteiger partial charge in [-0.3, -0.25) is 0 Å². The number of esters is 1. The number of carbonyl (C=O) groups is 2. The standard InChI is InChI=1S/C22H26N2O3/c1-3-4-15-23-21(26)24-22(20(25)27-2)18-11-7-5-9-16(18)13-14-17-10-6-8-12-19(17)22/h5-12H,3-4,13-15H2,1-2H3,(H2,23,24,26). The second-order valence-electron chi connectivity index (χ2n) is 6.79. The van der Waals surface area contributed by atoms with Crippen LogP contribution in [0.4, 0.5) is 4.79 Å². The summed E-state index contributed by atoms with van der Waals surface area (Å²) >= 11 is 0. The molecule has 3 rings (SSSR count). The van der Waals surface area contributed by atoms with Crippen LogP contribution in [0.1, 0.15) is 42.0 Å². The Bertz CT molecular complexity index is 784. The molecule has 2 aromatic carbocycles. The molecule has 27 heavy (non-hydrogen) atoms. The fourth-order valence-electron chi connectivity index (χ4n) is 3.77. The zero-order valence-corrected chi connectivity index (χ0v) is 15.9. The summed E-state index contributed by atoms with van der Waals surface area (Å²) in [5, 5.41) is 5.83. The van der Waals surface area contributed by atoms with Crippen molar-refractivity contribution in [3.63, 3.8) is 0 Å². The molecule has 0 bridgehead atoms. The predicted molar refractivity (Wildman–Crippen MR) is 105 cm³/mol. The van der Waals surface area contributed by atoms with Gasteiger partial charge in [0.2, 0.25) is 0 Å². The van der Waals surface area contributed by atoms with Crippen molar-refractivity contribution < 1.29 is 14.3 Å². The first-order chi connectivity index (χ1) is 13.1. The van der Waals surface area contributed by atoms with Crippen molar-refractivity contribution in [3.8, 4) is 0 Å². The summed E-state index contributed by atoms with van der Waals surface area (Å²) < 4.78 is 5.21. The van der Waals surface area contributed by atoms with Crippen molar-refractivity contribution >= 4 is 12.0 Å². The first-order valence-corrected chi connectivity index (χ1v) is 9.44. The number of carbonyl (C=O) groups excluding carboxylic acids is 2. The third-order valence-corrected chi connectivity index (χ3v) is 5.11. The average Bonchev–Trinajstić information content (AvgIpc) is 2.84. The molecule has 0 atom stereocenters. The number of unbranched alkanes of at least 4 members (excludes halogenated alkanes) is 1. The third kappa shape index (κ3) is 3.54. The number of hydrogen-bond donors (Lipinski definition) is 2. The molecule has 0 aliphatic heterocycles. The maximum absolute atomic E-state index is 13.2. The molecule has 0 fully saturated rings. The minimum atomic E-state index is -1.37. The van der Waals surface area contributed by atoms with Crippen LogP contribution in [0, 0.1) is 0 Å². The molecular weight excluding hydrogens is 340 g/mol. The molecule has 2 amide bonds. The molecule has 142 valence electrons. The van der Waals surface area contributed by atoms with Crippen LogP contribution in [0.15, 0.2) is 48.5 Å². The van der Waals surface area contributed by atoms with E-state index in [1.165, 1.54) is 7.11 Å². The Kier molecular flexibility index (Phi) is 5.79. The van der Waals surface area contributed by atoms with Gasteiger partial charge in [0.05, 0.1) is 7.11 Å². The van der Waals surface area contributed by atoms with Gasteiger partial charge >= 0.3 is 12.0 Å². The Hall–Kier alpha value is -2.82. The van der Waals surface area contributed by atoms with E-state index in [9.17, 15) is 9.59 Å². The van der Waals surface area contributed by atoms with Crippen LogP contribution >= 0.6 is 0 Å². The van der Waals surface area contributed by atoms with Crippen LogP contribution < -0.4 is 10.6 Å². The van der Waals surface area contributed by atoms with Crippen LogP contribution in [0.2, 0.25) is 0 Å². The minimum Gasteiger partial charge on any atom is -0.467 e. The number of benzene rings is 2. The van der Waals surface area contributed by atoms with E-state index in [1.54, 1.807) is 0 Å². The van der Waals surface area contributed by atoms with Crippen LogP contribution in [0.5, 0.6) is 0 Å². The molecule has 5 nitrogen and oxygen atoms in total. The van der Waals surface area contributed by atoms with E-state index in [4.69, 9.17) is 4.74 Å². The lowest BCUT2D eigenvalue weighted by Gasteiger charge is -2.34. The molecule has 1 aliphatic rings. The van der Waals surface area contributed by atoms with E-state index >= 15 is 0 Å². The van der Waals surface area contributed by atoms with Gasteiger partial charge in [0.25, 0.3) is 0 Å². The fourth-order valence-corrected chi connectivity index (χ4v) is 3.77. The third-order valence-electron chi connectivity index (χ3n) is 5.11. The smallest absolute Gasteiger partial charge is 0.341 e. The van der Waals surface area contributed by atoms with Gasteiger partial charge in [0.15, 0.2) is 5.54 Å². The molecule has 2 N–H and O–H groups in total. The van der Waals surface area contributed by atoms with Gasteiger partial charge in [-0.15, -0.1) is 0 Å². The van der Waals surface area contributed by atoms with Gasteiger partial charge in [0, 0.05) is 6.54 Å². The Labute approximate surface area is 160 Å². The van der Waals surface area contributed by atoms with Gasteiger partial charge in [0.1, 0.15) is 0 Å². The van der Waals surface area contributed by atoms with Gasteiger partial charge in [-0.25, -0.2) is 9.59 Å². The summed E-state index contributed by atoms with van der Waals surface area (Å²) in [5.41, 5.74) is 2.25. The number of methoxy groups -OCH3 is 1. The van der Waals surface area contributed by atoms with Crippen LogP contribution in [0.25, 0.3) is 0 Å². The van der Waals surface area contributed by atoms with E-state index in [0.717, 1.165) is 47.9 Å². The van der Waals surface area contributed by atoms with E-state index < -0.39 is 11.5 Å². The van der Waals surface area contributed by atoms with Crippen molar-refractivity contribution in [3.05, 3.63) is 70.8 Å². The second kappa shape index (κ2) is 8.25. The summed E-state index contributed by atoms with van der Waals surface area (Å²) in [6.07, 6.45) is 3.45. The Morgan fingerprint density at radius 3 is 2.07 bits per heavy atom. The van der Waals surface area contributed by atoms with Crippen LogP contribution in [-0.4, -0.2) is 25.7 Å². The zero-order chi connectivity index (χ0) is 19.3. The molecule has 1 aliphatic carbocycles. The van der Waals surface area contributed by atoms with Gasteiger partial charge in [-0.1, -0.05) is 61.9 Å². The van der Waals surface area contributed by atoms with E-state index in [2.05, 4.69) is 17.6 Å². The molecule has 2 aromatic rings. The molecule has 0 saturated carbocycles. The Morgan fingerprint density at radius 2 is 1.56 bits per heavy atom. The average molecular weight is 366 g/mol. The molecule has 0 aromatic heterocycles. The van der Waals surface area contributed by atoms with E-state index in [0.29, 0.717) is 6.54 Å². The molecule has 0 saturated heterocycles. The van der Waals surface area contributed by atoms with Crippen molar-refractivity contribution in [2.45, 2.75) is 38.1 Å². The number of aryl methyl sites for hydroxylation is 2. The molecular formula is C22H26N2O3. The van der Waals surface area contributed by atoms with Crippen molar-refractivity contribution in [2.24, 2.45) is 0 Å². The lowest BCUT2D eigenvalue weighted by atomic mass is 9.80. The minimum absolute atomic E-state index is 0.375. The normalized spacial score (nSPS) is 14.3. The highest BCUT2D eigenvalue weighted by atomic mass is 16.5. The van der Waals surface area contributed by atoms with Crippen molar-refractivity contribution in [1.29, 1.82) is 0 Å². The molecule has 0 spiro atoms. The van der Waals surface area contributed by atoms with Crippen molar-refractivity contribution in [1.82, 2.24) is 10.6 Å². The highest BCUT2D eigenvalue weighted by molar-refractivity contribution is 5.93. The predicted octanol–water partition coefficient (Wildman–Crippen LogP) is 3.30. The van der Waals surface area contributed by atoms with E-state index in [-0.39, 0.29) is 6.03 Å². The summed E-state index contributed by atoms with van der Waals surface area (Å²) in [4.78, 5) is 25.9. The number of ether oxygens (including phenoxy) is 1. The number of hydrogen-bond acceptors (Lipinski definition) is 3. The second-order valence-corrected chi connectivity index (χ2v) is 6.79. The fraction of sp³-hybridized carbons (Fsp3) is 0.364. The number of rotatable bonds is 5. The number of fused-ring (bicyclic) bond motifs is 2.